The first-order valence-electron chi connectivity index (χ1n) is 9.72. The highest BCUT2D eigenvalue weighted by Crippen LogP contribution is 2.34. The largest absolute Gasteiger partial charge is 0.339 e. The molecule has 4 rings (SSSR count). The maximum Gasteiger partial charge on any atom is 0.236 e. The number of amides is 1. The Kier molecular flexibility index (Phi) is 5.86. The van der Waals surface area contributed by atoms with E-state index in [-0.39, 0.29) is 11.7 Å². The molecule has 3 heterocycles. The van der Waals surface area contributed by atoms with Crippen molar-refractivity contribution in [1.82, 2.24) is 14.7 Å². The summed E-state index contributed by atoms with van der Waals surface area (Å²) in [5.74, 6) is 0.0775. The van der Waals surface area contributed by atoms with Crippen LogP contribution in [0.3, 0.4) is 0 Å². The zero-order valence-corrected chi connectivity index (χ0v) is 16.3. The van der Waals surface area contributed by atoms with Crippen LogP contribution in [0.4, 0.5) is 4.39 Å². The lowest BCUT2D eigenvalue weighted by atomic mass is 10.1. The fourth-order valence-electron chi connectivity index (χ4n) is 4.12. The van der Waals surface area contributed by atoms with Gasteiger partial charge in [-0.15, -0.1) is 11.3 Å². The van der Waals surface area contributed by atoms with Crippen LogP contribution in [0, 0.1) is 5.82 Å². The van der Waals surface area contributed by atoms with E-state index in [0.717, 1.165) is 51.1 Å². The molecular formula is C21H26FN3OS. The minimum absolute atomic E-state index is 0.148. The average molecular weight is 388 g/mol. The molecule has 2 saturated heterocycles. The van der Waals surface area contributed by atoms with Gasteiger partial charge in [-0.05, 0) is 36.9 Å². The number of piperazine rings is 1. The molecule has 27 heavy (non-hydrogen) atoms. The predicted octanol–water partition coefficient (Wildman–Crippen LogP) is 3.37. The third-order valence-electron chi connectivity index (χ3n) is 5.65. The molecule has 0 unspecified atom stereocenters. The fraction of sp³-hybridized carbons (Fsp3) is 0.476. The Labute approximate surface area is 164 Å². The lowest BCUT2D eigenvalue weighted by Crippen LogP contribution is -2.50. The van der Waals surface area contributed by atoms with Gasteiger partial charge in [0.15, 0.2) is 0 Å². The second-order valence-corrected chi connectivity index (χ2v) is 8.37. The van der Waals surface area contributed by atoms with E-state index in [0.29, 0.717) is 19.1 Å². The number of hydrogen-bond donors (Lipinski definition) is 0. The molecule has 0 radical (unpaired) electrons. The molecule has 1 amide bonds. The molecule has 0 N–H and O–H groups in total. The van der Waals surface area contributed by atoms with Crippen molar-refractivity contribution in [2.24, 2.45) is 0 Å². The van der Waals surface area contributed by atoms with E-state index in [1.54, 1.807) is 17.4 Å². The molecule has 2 aromatic rings. The minimum atomic E-state index is -0.148. The van der Waals surface area contributed by atoms with Gasteiger partial charge >= 0.3 is 0 Å². The number of rotatable bonds is 5. The third-order valence-corrected chi connectivity index (χ3v) is 6.62. The summed E-state index contributed by atoms with van der Waals surface area (Å²) in [7, 11) is 0. The van der Waals surface area contributed by atoms with Crippen LogP contribution in [0.5, 0.6) is 0 Å². The third kappa shape index (κ3) is 4.39. The Morgan fingerprint density at radius 3 is 2.63 bits per heavy atom. The zero-order valence-electron chi connectivity index (χ0n) is 15.5. The summed E-state index contributed by atoms with van der Waals surface area (Å²) >= 11 is 1.79. The fourth-order valence-corrected chi connectivity index (χ4v) is 5.01. The van der Waals surface area contributed by atoms with Gasteiger partial charge in [-0.25, -0.2) is 4.39 Å². The molecule has 4 nitrogen and oxygen atoms in total. The van der Waals surface area contributed by atoms with E-state index < -0.39 is 0 Å². The van der Waals surface area contributed by atoms with Crippen LogP contribution in [0.25, 0.3) is 0 Å². The van der Waals surface area contributed by atoms with Gasteiger partial charge in [0.2, 0.25) is 5.91 Å². The smallest absolute Gasteiger partial charge is 0.236 e. The van der Waals surface area contributed by atoms with Gasteiger partial charge in [0.25, 0.3) is 0 Å². The summed E-state index contributed by atoms with van der Waals surface area (Å²) in [5.41, 5.74) is 0.730. The van der Waals surface area contributed by atoms with Crippen molar-refractivity contribution in [2.75, 3.05) is 39.3 Å². The number of thiophene rings is 1. The van der Waals surface area contributed by atoms with E-state index in [9.17, 15) is 9.18 Å². The molecular weight excluding hydrogens is 361 g/mol. The molecule has 0 spiro atoms. The first kappa shape index (κ1) is 18.6. The SMILES string of the molecule is O=C(CN1CCC[C@@H]1c1cccs1)N1CCN(Cc2ccccc2F)CC1. The van der Waals surface area contributed by atoms with Crippen molar-refractivity contribution in [2.45, 2.75) is 25.4 Å². The maximum absolute atomic E-state index is 13.8. The molecule has 0 bridgehead atoms. The summed E-state index contributed by atoms with van der Waals surface area (Å²) in [4.78, 5) is 20.7. The highest BCUT2D eigenvalue weighted by Gasteiger charge is 2.30. The van der Waals surface area contributed by atoms with Crippen molar-refractivity contribution in [3.05, 3.63) is 58.0 Å². The molecule has 144 valence electrons. The maximum atomic E-state index is 13.8. The van der Waals surface area contributed by atoms with Crippen LogP contribution in [-0.2, 0) is 11.3 Å². The van der Waals surface area contributed by atoms with Gasteiger partial charge in [0, 0.05) is 49.2 Å². The van der Waals surface area contributed by atoms with E-state index >= 15 is 0 Å². The molecule has 6 heteroatoms. The Morgan fingerprint density at radius 1 is 1.07 bits per heavy atom. The Balaban J connectivity index is 1.28. The van der Waals surface area contributed by atoms with Gasteiger partial charge in [-0.1, -0.05) is 24.3 Å². The van der Waals surface area contributed by atoms with Crippen molar-refractivity contribution >= 4 is 17.2 Å². The molecule has 2 fully saturated rings. The quantitative estimate of drug-likeness (QED) is 0.787. The van der Waals surface area contributed by atoms with E-state index in [2.05, 4.69) is 27.3 Å². The van der Waals surface area contributed by atoms with Crippen LogP contribution in [0.2, 0.25) is 0 Å². The average Bonchev–Trinajstić information content (AvgIpc) is 3.35. The number of hydrogen-bond acceptors (Lipinski definition) is 4. The predicted molar refractivity (Wildman–Crippen MR) is 106 cm³/mol. The first-order valence-corrected chi connectivity index (χ1v) is 10.6. The van der Waals surface area contributed by atoms with Gasteiger partial charge in [-0.2, -0.15) is 0 Å². The van der Waals surface area contributed by atoms with Crippen molar-refractivity contribution in [1.29, 1.82) is 0 Å². The van der Waals surface area contributed by atoms with Crippen molar-refractivity contribution in [3.8, 4) is 0 Å². The van der Waals surface area contributed by atoms with E-state index in [1.807, 2.05) is 17.0 Å². The van der Waals surface area contributed by atoms with Crippen LogP contribution in [0.1, 0.15) is 29.3 Å². The number of nitrogens with zero attached hydrogens (tertiary/aromatic N) is 3. The van der Waals surface area contributed by atoms with Crippen molar-refractivity contribution in [3.63, 3.8) is 0 Å². The normalized spacial score (nSPS) is 21.7. The zero-order chi connectivity index (χ0) is 18.6. The van der Waals surface area contributed by atoms with Crippen molar-refractivity contribution < 1.29 is 9.18 Å². The Bertz CT molecular complexity index is 759. The standard InChI is InChI=1S/C21H26FN3OS/c22-18-6-2-1-5-17(18)15-23-10-12-24(13-11-23)21(26)16-25-9-3-7-19(25)20-8-4-14-27-20/h1-2,4-6,8,14,19H,3,7,9-13,15-16H2/t19-/m1/s1. The Hall–Kier alpha value is -1.76. The number of halogens is 1. The van der Waals surface area contributed by atoms with E-state index in [4.69, 9.17) is 0 Å². The molecule has 1 aromatic heterocycles. The van der Waals surface area contributed by atoms with Gasteiger partial charge in [-0.3, -0.25) is 14.6 Å². The number of benzene rings is 1. The lowest BCUT2D eigenvalue weighted by Gasteiger charge is -2.36. The van der Waals surface area contributed by atoms with Gasteiger partial charge in [0.1, 0.15) is 5.82 Å². The summed E-state index contributed by atoms with van der Waals surface area (Å²) in [5, 5.41) is 2.11. The topological polar surface area (TPSA) is 26.8 Å². The first-order chi connectivity index (χ1) is 13.2. The Morgan fingerprint density at radius 2 is 1.89 bits per heavy atom. The monoisotopic (exact) mass is 387 g/mol. The lowest BCUT2D eigenvalue weighted by molar-refractivity contribution is -0.134. The highest BCUT2D eigenvalue weighted by atomic mass is 32.1. The summed E-state index contributed by atoms with van der Waals surface area (Å²) in [6.45, 7) is 5.18. The van der Waals surface area contributed by atoms with Gasteiger partial charge in [0.05, 0.1) is 6.54 Å². The molecule has 0 saturated carbocycles. The molecule has 2 aliphatic rings. The van der Waals surface area contributed by atoms with Crippen LogP contribution >= 0.6 is 11.3 Å². The summed E-state index contributed by atoms with van der Waals surface area (Å²) < 4.78 is 13.8. The van der Waals surface area contributed by atoms with Crippen LogP contribution in [0.15, 0.2) is 41.8 Å². The second kappa shape index (κ2) is 8.50. The molecule has 2 aliphatic heterocycles. The minimum Gasteiger partial charge on any atom is -0.339 e. The van der Waals surface area contributed by atoms with E-state index in [1.165, 1.54) is 10.9 Å². The summed E-state index contributed by atoms with van der Waals surface area (Å²) in [6, 6.07) is 11.6. The second-order valence-electron chi connectivity index (χ2n) is 7.39. The van der Waals surface area contributed by atoms with Gasteiger partial charge < -0.3 is 4.90 Å². The number of carbonyl (C=O) groups excluding carboxylic acids is 1. The highest BCUT2D eigenvalue weighted by molar-refractivity contribution is 7.10. The molecule has 0 aliphatic carbocycles. The van der Waals surface area contributed by atoms with Crippen LogP contribution < -0.4 is 0 Å². The number of likely N-dealkylation sites (tertiary alicyclic amines) is 1. The number of carbonyl (C=O) groups is 1. The summed E-state index contributed by atoms with van der Waals surface area (Å²) in [6.07, 6.45) is 2.30. The molecule has 1 atom stereocenters. The van der Waals surface area contributed by atoms with Crippen LogP contribution in [-0.4, -0.2) is 59.9 Å². The molecule has 1 aromatic carbocycles.